The molecule has 0 amide bonds. The predicted molar refractivity (Wildman–Crippen MR) is 36.3 cm³/mol. The number of nitrogens with two attached hydrogens (primary N) is 1. The summed E-state index contributed by atoms with van der Waals surface area (Å²) in [5.41, 5.74) is 0.977. The van der Waals surface area contributed by atoms with Crippen molar-refractivity contribution in [3.63, 3.8) is 0 Å². The molecule has 0 aliphatic heterocycles. The normalized spacial score (nSPS) is 9.33. The van der Waals surface area contributed by atoms with E-state index in [9.17, 15) is 0 Å². The standard InChI is InChI=1S/C6H9N3/c1-2-3-6-4-5-8-9(6)7/h2,4-5H,1,3,7H2. The van der Waals surface area contributed by atoms with E-state index < -0.39 is 0 Å². The van der Waals surface area contributed by atoms with Crippen LogP contribution in [0.5, 0.6) is 0 Å². The number of nitrogens with zero attached hydrogens (tertiary/aromatic N) is 2. The van der Waals surface area contributed by atoms with Crippen molar-refractivity contribution >= 4 is 0 Å². The van der Waals surface area contributed by atoms with E-state index in [0.29, 0.717) is 0 Å². The number of hydrogen-bond donors (Lipinski definition) is 1. The van der Waals surface area contributed by atoms with Crippen molar-refractivity contribution < 1.29 is 0 Å². The Labute approximate surface area is 53.8 Å². The number of hydrogen-bond acceptors (Lipinski definition) is 2. The highest BCUT2D eigenvalue weighted by molar-refractivity contribution is 5.04. The van der Waals surface area contributed by atoms with Gasteiger partial charge >= 0.3 is 0 Å². The van der Waals surface area contributed by atoms with Gasteiger partial charge in [-0.3, -0.25) is 0 Å². The van der Waals surface area contributed by atoms with E-state index in [4.69, 9.17) is 5.84 Å². The molecule has 0 atom stereocenters. The monoisotopic (exact) mass is 123 g/mol. The van der Waals surface area contributed by atoms with Gasteiger partial charge in [-0.05, 0) is 6.07 Å². The first-order valence-electron chi connectivity index (χ1n) is 2.73. The van der Waals surface area contributed by atoms with Gasteiger partial charge in [-0.25, -0.2) is 0 Å². The molecule has 0 bridgehead atoms. The molecular formula is C6H9N3. The van der Waals surface area contributed by atoms with Crippen LogP contribution < -0.4 is 5.84 Å². The Balaban J connectivity index is 2.80. The molecule has 1 aromatic heterocycles. The lowest BCUT2D eigenvalue weighted by Gasteiger charge is -1.93. The Morgan fingerprint density at radius 2 is 2.67 bits per heavy atom. The molecule has 0 aliphatic rings. The van der Waals surface area contributed by atoms with Crippen molar-refractivity contribution in [3.05, 3.63) is 30.6 Å². The van der Waals surface area contributed by atoms with Crippen LogP contribution in [-0.2, 0) is 6.42 Å². The smallest absolute Gasteiger partial charge is 0.0654 e. The van der Waals surface area contributed by atoms with Gasteiger partial charge in [0.25, 0.3) is 0 Å². The van der Waals surface area contributed by atoms with Gasteiger partial charge in [0.2, 0.25) is 0 Å². The molecule has 3 nitrogen and oxygen atoms in total. The summed E-state index contributed by atoms with van der Waals surface area (Å²) >= 11 is 0. The van der Waals surface area contributed by atoms with Gasteiger partial charge in [-0.2, -0.15) is 9.89 Å². The third-order valence-electron chi connectivity index (χ3n) is 1.11. The van der Waals surface area contributed by atoms with Gasteiger partial charge in [0.1, 0.15) is 0 Å². The maximum atomic E-state index is 5.38. The van der Waals surface area contributed by atoms with Crippen molar-refractivity contribution in [1.82, 2.24) is 9.89 Å². The first kappa shape index (κ1) is 5.88. The Morgan fingerprint density at radius 1 is 1.89 bits per heavy atom. The molecule has 9 heavy (non-hydrogen) atoms. The highest BCUT2D eigenvalue weighted by Gasteiger charge is 1.92. The second-order valence-electron chi connectivity index (χ2n) is 1.76. The lowest BCUT2D eigenvalue weighted by atomic mass is 10.3. The maximum absolute atomic E-state index is 5.38. The van der Waals surface area contributed by atoms with E-state index in [-0.39, 0.29) is 0 Å². The molecule has 1 aromatic rings. The minimum Gasteiger partial charge on any atom is -0.323 e. The zero-order valence-electron chi connectivity index (χ0n) is 5.12. The van der Waals surface area contributed by atoms with Crippen LogP contribution in [0.15, 0.2) is 24.9 Å². The van der Waals surface area contributed by atoms with Gasteiger partial charge in [-0.15, -0.1) is 6.58 Å². The largest absolute Gasteiger partial charge is 0.323 e. The average molecular weight is 123 g/mol. The molecular weight excluding hydrogens is 114 g/mol. The van der Waals surface area contributed by atoms with Crippen molar-refractivity contribution in [2.45, 2.75) is 6.42 Å². The van der Waals surface area contributed by atoms with Gasteiger partial charge in [0, 0.05) is 6.42 Å². The van der Waals surface area contributed by atoms with E-state index >= 15 is 0 Å². The summed E-state index contributed by atoms with van der Waals surface area (Å²) in [7, 11) is 0. The SMILES string of the molecule is C=CCc1ccnn1N. The molecule has 0 spiro atoms. The zero-order valence-corrected chi connectivity index (χ0v) is 5.12. The van der Waals surface area contributed by atoms with Crippen LogP contribution >= 0.6 is 0 Å². The summed E-state index contributed by atoms with van der Waals surface area (Å²) < 4.78 is 0. The number of nitrogen functional groups attached to an aromatic ring is 1. The molecule has 0 saturated carbocycles. The summed E-state index contributed by atoms with van der Waals surface area (Å²) in [6.07, 6.45) is 4.23. The first-order chi connectivity index (χ1) is 4.34. The number of aromatic nitrogens is 2. The minimum atomic E-state index is 0.774. The predicted octanol–water partition coefficient (Wildman–Crippen LogP) is 0.325. The van der Waals surface area contributed by atoms with E-state index in [2.05, 4.69) is 11.7 Å². The molecule has 1 heterocycles. The van der Waals surface area contributed by atoms with Crippen molar-refractivity contribution in [2.24, 2.45) is 0 Å². The Morgan fingerprint density at radius 3 is 3.11 bits per heavy atom. The van der Waals surface area contributed by atoms with E-state index in [1.54, 1.807) is 12.3 Å². The van der Waals surface area contributed by atoms with Crippen LogP contribution in [0.3, 0.4) is 0 Å². The summed E-state index contributed by atoms with van der Waals surface area (Å²) in [5, 5.41) is 3.78. The fourth-order valence-electron chi connectivity index (χ4n) is 0.651. The summed E-state index contributed by atoms with van der Waals surface area (Å²) in [6.45, 7) is 3.58. The molecule has 0 unspecified atom stereocenters. The molecule has 0 aromatic carbocycles. The second-order valence-corrected chi connectivity index (χ2v) is 1.76. The molecule has 0 fully saturated rings. The van der Waals surface area contributed by atoms with Gasteiger partial charge in [0.05, 0.1) is 11.9 Å². The van der Waals surface area contributed by atoms with Crippen molar-refractivity contribution in [3.8, 4) is 0 Å². The highest BCUT2D eigenvalue weighted by Crippen LogP contribution is 1.94. The third-order valence-corrected chi connectivity index (χ3v) is 1.11. The molecule has 1 rings (SSSR count). The molecule has 2 N–H and O–H groups in total. The lowest BCUT2D eigenvalue weighted by molar-refractivity contribution is 0.785. The topological polar surface area (TPSA) is 43.8 Å². The fraction of sp³-hybridized carbons (Fsp3) is 0.167. The van der Waals surface area contributed by atoms with Crippen LogP contribution in [0.4, 0.5) is 0 Å². The van der Waals surface area contributed by atoms with Crippen molar-refractivity contribution in [1.29, 1.82) is 0 Å². The van der Waals surface area contributed by atoms with Gasteiger partial charge < -0.3 is 5.84 Å². The van der Waals surface area contributed by atoms with Crippen LogP contribution in [0.25, 0.3) is 0 Å². The Bertz CT molecular complexity index is 202. The fourth-order valence-corrected chi connectivity index (χ4v) is 0.651. The van der Waals surface area contributed by atoms with E-state index in [1.807, 2.05) is 6.07 Å². The van der Waals surface area contributed by atoms with Crippen molar-refractivity contribution in [2.75, 3.05) is 5.84 Å². The summed E-state index contributed by atoms with van der Waals surface area (Å²) in [5.74, 6) is 5.38. The van der Waals surface area contributed by atoms with Gasteiger partial charge in [0.15, 0.2) is 0 Å². The molecule has 0 aliphatic carbocycles. The summed E-state index contributed by atoms with van der Waals surface area (Å²) in [6, 6.07) is 1.86. The third kappa shape index (κ3) is 1.10. The molecule has 48 valence electrons. The van der Waals surface area contributed by atoms with Gasteiger partial charge in [-0.1, -0.05) is 6.08 Å². The van der Waals surface area contributed by atoms with Crippen LogP contribution in [0.2, 0.25) is 0 Å². The quantitative estimate of drug-likeness (QED) is 0.455. The summed E-state index contributed by atoms with van der Waals surface area (Å²) in [4.78, 5) is 1.35. The highest BCUT2D eigenvalue weighted by atomic mass is 15.5. The molecule has 0 radical (unpaired) electrons. The molecule has 3 heteroatoms. The van der Waals surface area contributed by atoms with Crippen LogP contribution in [-0.4, -0.2) is 9.89 Å². The molecule has 0 saturated heterocycles. The van der Waals surface area contributed by atoms with E-state index in [1.165, 1.54) is 4.79 Å². The Kier molecular flexibility index (Phi) is 1.53. The van der Waals surface area contributed by atoms with E-state index in [0.717, 1.165) is 12.1 Å². The first-order valence-corrected chi connectivity index (χ1v) is 2.73. The average Bonchev–Trinajstić information content (AvgIpc) is 2.18. The minimum absolute atomic E-state index is 0.774. The number of allylic oxidation sites excluding steroid dienone is 1. The maximum Gasteiger partial charge on any atom is 0.0654 e. The zero-order chi connectivity index (χ0) is 6.69. The second kappa shape index (κ2) is 2.35. The Hall–Kier alpha value is -1.25. The lowest BCUT2D eigenvalue weighted by Crippen LogP contribution is -2.12. The number of rotatable bonds is 2. The van der Waals surface area contributed by atoms with Crippen LogP contribution in [0, 0.1) is 0 Å². The van der Waals surface area contributed by atoms with Crippen LogP contribution in [0.1, 0.15) is 5.69 Å².